The molecule has 2 aliphatic rings. The fraction of sp³-hybridized carbons (Fsp3) is 0.542. The number of carbonyl (C=O) groups is 1. The first-order valence-electron chi connectivity index (χ1n) is 11.3. The number of urea groups is 1. The summed E-state index contributed by atoms with van der Waals surface area (Å²) in [6, 6.07) is 5.15. The third kappa shape index (κ3) is 3.69. The fourth-order valence-corrected chi connectivity index (χ4v) is 6.02. The number of nitrogens with one attached hydrogen (secondary N) is 2. The number of carbonyl (C=O) groups excluding carboxylic acids is 1. The minimum absolute atomic E-state index is 0.0615. The van der Waals surface area contributed by atoms with Crippen molar-refractivity contribution >= 4 is 38.9 Å². The molecule has 2 N–H and O–H groups in total. The number of hydrogen-bond donors (Lipinski definition) is 2. The second kappa shape index (κ2) is 8.75. The summed E-state index contributed by atoms with van der Waals surface area (Å²) < 4.78 is 1.10. The molecule has 6 heteroatoms. The third-order valence-corrected chi connectivity index (χ3v) is 7.32. The quantitative estimate of drug-likeness (QED) is 0.612. The van der Waals surface area contributed by atoms with E-state index in [9.17, 15) is 4.79 Å². The van der Waals surface area contributed by atoms with Crippen LogP contribution in [0.25, 0.3) is 17.0 Å². The van der Waals surface area contributed by atoms with Gasteiger partial charge in [0.05, 0.1) is 0 Å². The predicted molar refractivity (Wildman–Crippen MR) is 128 cm³/mol. The van der Waals surface area contributed by atoms with Crippen molar-refractivity contribution in [3.05, 3.63) is 40.0 Å². The summed E-state index contributed by atoms with van der Waals surface area (Å²) in [4.78, 5) is 20.8. The van der Waals surface area contributed by atoms with Gasteiger partial charge in [-0.25, -0.2) is 4.79 Å². The van der Waals surface area contributed by atoms with Crippen molar-refractivity contribution in [3.63, 3.8) is 0 Å². The standard InChI is InChI=1S/C24H33BrN4O/c1-5-9-29-14-16(26-24(30)28(7-3)8-4)12-17-18-10-15(25)11-21-23(18)19(13-22(17)29)20(6-2)27-21/h6,10-11,16-17,22,27H,2,5,7-9,12-14H2,1,3-4H3,(H,26,30)/t16-,17?,22+/m0/s1. The summed E-state index contributed by atoms with van der Waals surface area (Å²) >= 11 is 3.72. The second-order valence-electron chi connectivity index (χ2n) is 8.57. The normalized spacial score (nSPS) is 23.3. The average molecular weight is 473 g/mol. The minimum Gasteiger partial charge on any atom is -0.355 e. The van der Waals surface area contributed by atoms with Crippen molar-refractivity contribution in [1.82, 2.24) is 20.1 Å². The molecular formula is C24H33BrN4O. The number of rotatable bonds is 6. The van der Waals surface area contributed by atoms with E-state index in [4.69, 9.17) is 0 Å². The number of nitrogens with zero attached hydrogens (tertiary/aromatic N) is 2. The molecule has 1 fully saturated rings. The smallest absolute Gasteiger partial charge is 0.317 e. The van der Waals surface area contributed by atoms with Crippen LogP contribution in [-0.4, -0.2) is 59.1 Å². The van der Waals surface area contributed by atoms with Crippen molar-refractivity contribution in [2.75, 3.05) is 26.2 Å². The topological polar surface area (TPSA) is 51.4 Å². The van der Waals surface area contributed by atoms with Crippen LogP contribution in [0.3, 0.4) is 0 Å². The summed E-state index contributed by atoms with van der Waals surface area (Å²) in [6.45, 7) is 13.8. The first-order chi connectivity index (χ1) is 14.5. The van der Waals surface area contributed by atoms with Crippen molar-refractivity contribution < 1.29 is 4.79 Å². The van der Waals surface area contributed by atoms with Crippen molar-refractivity contribution in [1.29, 1.82) is 0 Å². The molecule has 1 aliphatic heterocycles. The first kappa shape index (κ1) is 21.4. The molecule has 0 bridgehead atoms. The van der Waals surface area contributed by atoms with Crippen LogP contribution < -0.4 is 5.32 Å². The van der Waals surface area contributed by atoms with Gasteiger partial charge in [-0.2, -0.15) is 0 Å². The zero-order valence-corrected chi connectivity index (χ0v) is 19.9. The minimum atomic E-state index is 0.0615. The Morgan fingerprint density at radius 2 is 2.13 bits per heavy atom. The maximum Gasteiger partial charge on any atom is 0.317 e. The van der Waals surface area contributed by atoms with Gasteiger partial charge in [-0.1, -0.05) is 29.4 Å². The number of fused-ring (bicyclic) bond motifs is 2. The Hall–Kier alpha value is -1.79. The number of aromatic amines is 1. The average Bonchev–Trinajstić information content (AvgIpc) is 3.07. The Kier molecular flexibility index (Phi) is 6.26. The van der Waals surface area contributed by atoms with Gasteiger partial charge < -0.3 is 15.2 Å². The zero-order chi connectivity index (χ0) is 21.4. The van der Waals surface area contributed by atoms with Crippen molar-refractivity contribution in [2.45, 2.75) is 58.0 Å². The van der Waals surface area contributed by atoms with Gasteiger partial charge in [0, 0.05) is 58.7 Å². The lowest BCUT2D eigenvalue weighted by molar-refractivity contribution is 0.0979. The molecule has 3 atom stereocenters. The van der Waals surface area contributed by atoms with Crippen molar-refractivity contribution in [2.24, 2.45) is 0 Å². The Morgan fingerprint density at radius 3 is 2.80 bits per heavy atom. The van der Waals surface area contributed by atoms with Crippen LogP contribution in [0.4, 0.5) is 4.79 Å². The SMILES string of the molecule is C=Cc1[nH]c2cc(Br)cc3c2c1C[C@@H]1C3C[C@H](NC(=O)N(CC)CC)CN1CCC. The molecule has 0 saturated carbocycles. The van der Waals surface area contributed by atoms with Crippen LogP contribution in [-0.2, 0) is 6.42 Å². The highest BCUT2D eigenvalue weighted by molar-refractivity contribution is 9.10. The Labute approximate surface area is 188 Å². The monoisotopic (exact) mass is 472 g/mol. The lowest BCUT2D eigenvalue weighted by Crippen LogP contribution is -2.57. The molecule has 4 rings (SSSR count). The summed E-state index contributed by atoms with van der Waals surface area (Å²) in [5, 5.41) is 4.70. The third-order valence-electron chi connectivity index (χ3n) is 6.86. The molecule has 2 aromatic rings. The largest absolute Gasteiger partial charge is 0.355 e. The summed E-state index contributed by atoms with van der Waals surface area (Å²) in [5.74, 6) is 0.410. The van der Waals surface area contributed by atoms with Gasteiger partial charge in [0.2, 0.25) is 0 Å². The highest BCUT2D eigenvalue weighted by atomic mass is 79.9. The number of amides is 2. The molecule has 1 aromatic carbocycles. The van der Waals surface area contributed by atoms with Gasteiger partial charge in [-0.15, -0.1) is 0 Å². The van der Waals surface area contributed by atoms with Crippen LogP contribution in [0.1, 0.15) is 56.4 Å². The van der Waals surface area contributed by atoms with Gasteiger partial charge in [0.1, 0.15) is 0 Å². The number of benzene rings is 1. The summed E-state index contributed by atoms with van der Waals surface area (Å²) in [6.07, 6.45) is 5.09. The van der Waals surface area contributed by atoms with E-state index in [-0.39, 0.29) is 12.1 Å². The van der Waals surface area contributed by atoms with E-state index >= 15 is 0 Å². The molecule has 2 heterocycles. The molecule has 0 radical (unpaired) electrons. The number of likely N-dealkylation sites (tertiary alicyclic amines) is 1. The maximum atomic E-state index is 12.8. The number of H-pyrrole nitrogens is 1. The predicted octanol–water partition coefficient (Wildman–Crippen LogP) is 5.12. The van der Waals surface area contributed by atoms with E-state index in [2.05, 4.69) is 56.8 Å². The van der Waals surface area contributed by atoms with Crippen LogP contribution in [0.5, 0.6) is 0 Å². The van der Waals surface area contributed by atoms with Crippen LogP contribution in [0.15, 0.2) is 23.2 Å². The number of piperidine rings is 1. The maximum absolute atomic E-state index is 12.8. The number of halogens is 1. The molecule has 1 aliphatic carbocycles. The Morgan fingerprint density at radius 1 is 1.37 bits per heavy atom. The van der Waals surface area contributed by atoms with E-state index in [1.807, 2.05) is 24.8 Å². The van der Waals surface area contributed by atoms with E-state index < -0.39 is 0 Å². The molecule has 1 unspecified atom stereocenters. The van der Waals surface area contributed by atoms with Gasteiger partial charge >= 0.3 is 6.03 Å². The lowest BCUT2D eigenvalue weighted by atomic mass is 9.73. The van der Waals surface area contributed by atoms with E-state index in [1.165, 1.54) is 22.0 Å². The molecule has 30 heavy (non-hydrogen) atoms. The second-order valence-corrected chi connectivity index (χ2v) is 9.48. The van der Waals surface area contributed by atoms with E-state index in [1.54, 1.807) is 0 Å². The molecule has 162 valence electrons. The first-order valence-corrected chi connectivity index (χ1v) is 12.1. The molecule has 1 saturated heterocycles. The highest BCUT2D eigenvalue weighted by Crippen LogP contribution is 2.46. The number of hydrogen-bond acceptors (Lipinski definition) is 2. The highest BCUT2D eigenvalue weighted by Gasteiger charge is 2.41. The molecule has 1 aromatic heterocycles. The summed E-state index contributed by atoms with van der Waals surface area (Å²) in [5.41, 5.74) is 5.13. The van der Waals surface area contributed by atoms with Crippen LogP contribution >= 0.6 is 15.9 Å². The Bertz CT molecular complexity index is 948. The lowest BCUT2D eigenvalue weighted by Gasteiger charge is -2.47. The molecule has 5 nitrogen and oxygen atoms in total. The van der Waals surface area contributed by atoms with E-state index in [0.717, 1.165) is 55.6 Å². The van der Waals surface area contributed by atoms with Gasteiger partial charge in [-0.3, -0.25) is 4.90 Å². The fourth-order valence-electron chi connectivity index (χ4n) is 5.55. The Balaban J connectivity index is 1.71. The summed E-state index contributed by atoms with van der Waals surface area (Å²) in [7, 11) is 0. The van der Waals surface area contributed by atoms with Gasteiger partial charge in [0.25, 0.3) is 0 Å². The van der Waals surface area contributed by atoms with Gasteiger partial charge in [0.15, 0.2) is 0 Å². The molecule has 0 spiro atoms. The molecule has 2 amide bonds. The number of aromatic nitrogens is 1. The van der Waals surface area contributed by atoms with E-state index in [0.29, 0.717) is 12.0 Å². The van der Waals surface area contributed by atoms with Crippen LogP contribution in [0, 0.1) is 0 Å². The van der Waals surface area contributed by atoms with Gasteiger partial charge in [-0.05, 0) is 69.0 Å². The van der Waals surface area contributed by atoms with Crippen molar-refractivity contribution in [3.8, 4) is 0 Å². The van der Waals surface area contributed by atoms with Crippen LogP contribution in [0.2, 0.25) is 0 Å². The zero-order valence-electron chi connectivity index (χ0n) is 18.3. The molecular weight excluding hydrogens is 440 g/mol.